The number of amides is 1. The molecule has 4 nitrogen and oxygen atoms in total. The molecule has 18 heavy (non-hydrogen) atoms. The summed E-state index contributed by atoms with van der Waals surface area (Å²) in [6, 6.07) is 7.65. The molecule has 0 aliphatic heterocycles. The van der Waals surface area contributed by atoms with Gasteiger partial charge in [-0.2, -0.15) is 0 Å². The Balaban J connectivity index is 0.00000289. The number of halogens is 1. The zero-order chi connectivity index (χ0) is 12.7. The molecule has 1 atom stereocenters. The zero-order valence-electron chi connectivity index (χ0n) is 10.8. The second kappa shape index (κ2) is 8.78. The van der Waals surface area contributed by atoms with Crippen LogP contribution < -0.4 is 11.1 Å². The van der Waals surface area contributed by atoms with Gasteiger partial charge < -0.3 is 15.8 Å². The molecule has 0 aromatic heterocycles. The highest BCUT2D eigenvalue weighted by Crippen LogP contribution is 2.05. The molecule has 0 saturated carbocycles. The van der Waals surface area contributed by atoms with Crippen LogP contribution in [0.5, 0.6) is 0 Å². The van der Waals surface area contributed by atoms with Crippen LogP contribution in [0, 0.1) is 0 Å². The van der Waals surface area contributed by atoms with Gasteiger partial charge in [-0.3, -0.25) is 4.79 Å². The van der Waals surface area contributed by atoms with E-state index in [9.17, 15) is 4.79 Å². The van der Waals surface area contributed by atoms with Crippen LogP contribution in [0.25, 0.3) is 0 Å². The van der Waals surface area contributed by atoms with Gasteiger partial charge >= 0.3 is 0 Å². The highest BCUT2D eigenvalue weighted by molar-refractivity contribution is 5.85. The molecule has 1 aromatic rings. The molecule has 1 amide bonds. The molecule has 3 N–H and O–H groups in total. The molecule has 0 heterocycles. The number of hydrogen-bond acceptors (Lipinski definition) is 3. The van der Waals surface area contributed by atoms with Crippen molar-refractivity contribution in [2.75, 3.05) is 18.9 Å². The highest BCUT2D eigenvalue weighted by Gasteiger charge is 2.10. The number of anilines is 1. The van der Waals surface area contributed by atoms with Crippen molar-refractivity contribution in [1.29, 1.82) is 0 Å². The first-order valence-electron chi connectivity index (χ1n) is 5.87. The Morgan fingerprint density at radius 2 is 2.00 bits per heavy atom. The molecular weight excluding hydrogens is 252 g/mol. The third-order valence-electron chi connectivity index (χ3n) is 2.48. The first-order chi connectivity index (χ1) is 8.13. The summed E-state index contributed by atoms with van der Waals surface area (Å²) in [7, 11) is 0. The van der Waals surface area contributed by atoms with Crippen molar-refractivity contribution in [2.45, 2.75) is 26.4 Å². The summed E-state index contributed by atoms with van der Waals surface area (Å²) in [5, 5.41) is 2.84. The average molecular weight is 273 g/mol. The lowest BCUT2D eigenvalue weighted by molar-refractivity contribution is -0.131. The van der Waals surface area contributed by atoms with E-state index in [0.717, 1.165) is 17.7 Å². The Bertz CT molecular complexity index is 355. The van der Waals surface area contributed by atoms with E-state index in [1.165, 1.54) is 0 Å². The molecule has 0 aliphatic rings. The number of ether oxygens (including phenoxy) is 1. The van der Waals surface area contributed by atoms with Gasteiger partial charge in [0.15, 0.2) is 0 Å². The predicted molar refractivity (Wildman–Crippen MR) is 75.9 cm³/mol. The number of hydrogen-bond donors (Lipinski definition) is 2. The molecular formula is C13H21ClN2O2. The number of carbonyl (C=O) groups is 1. The van der Waals surface area contributed by atoms with Gasteiger partial charge in [0.05, 0.1) is 0 Å². The normalized spacial score (nSPS) is 11.4. The van der Waals surface area contributed by atoms with E-state index in [2.05, 4.69) is 5.32 Å². The Hall–Kier alpha value is -1.26. The van der Waals surface area contributed by atoms with Crippen LogP contribution in [-0.4, -0.2) is 25.2 Å². The van der Waals surface area contributed by atoms with Gasteiger partial charge in [0.1, 0.15) is 6.10 Å². The molecule has 5 heteroatoms. The van der Waals surface area contributed by atoms with Crippen molar-refractivity contribution in [1.82, 2.24) is 5.32 Å². The van der Waals surface area contributed by atoms with Crippen molar-refractivity contribution in [3.05, 3.63) is 29.8 Å². The quantitative estimate of drug-likeness (QED) is 0.776. The third-order valence-corrected chi connectivity index (χ3v) is 2.48. The lowest BCUT2D eigenvalue weighted by Crippen LogP contribution is -2.35. The molecule has 1 unspecified atom stereocenters. The maximum absolute atomic E-state index is 11.5. The number of nitrogens with two attached hydrogens (primary N) is 1. The minimum Gasteiger partial charge on any atom is -0.399 e. The summed E-state index contributed by atoms with van der Waals surface area (Å²) in [4.78, 5) is 11.5. The Labute approximate surface area is 114 Å². The van der Waals surface area contributed by atoms with Gasteiger partial charge in [0.25, 0.3) is 0 Å². The lowest BCUT2D eigenvalue weighted by atomic mass is 10.1. The first-order valence-corrected chi connectivity index (χ1v) is 5.87. The number of benzene rings is 1. The Kier molecular flexibility index (Phi) is 8.16. The minimum atomic E-state index is -0.383. The monoisotopic (exact) mass is 272 g/mol. The Morgan fingerprint density at radius 3 is 2.56 bits per heavy atom. The smallest absolute Gasteiger partial charge is 0.248 e. The topological polar surface area (TPSA) is 64.3 Å². The van der Waals surface area contributed by atoms with Crippen LogP contribution in [0.3, 0.4) is 0 Å². The van der Waals surface area contributed by atoms with Gasteiger partial charge in [0.2, 0.25) is 5.91 Å². The lowest BCUT2D eigenvalue weighted by Gasteiger charge is -2.11. The first kappa shape index (κ1) is 16.7. The molecule has 0 saturated heterocycles. The molecule has 0 aliphatic carbocycles. The fourth-order valence-corrected chi connectivity index (χ4v) is 1.48. The maximum Gasteiger partial charge on any atom is 0.248 e. The second-order valence-electron chi connectivity index (χ2n) is 3.88. The van der Waals surface area contributed by atoms with Crippen LogP contribution in [0.2, 0.25) is 0 Å². The van der Waals surface area contributed by atoms with E-state index in [1.54, 1.807) is 6.92 Å². The van der Waals surface area contributed by atoms with Crippen molar-refractivity contribution in [3.8, 4) is 0 Å². The van der Waals surface area contributed by atoms with Crippen molar-refractivity contribution in [3.63, 3.8) is 0 Å². The molecule has 1 rings (SSSR count). The standard InChI is InChI=1S/C13H20N2O2.ClH/c1-3-17-10(2)13(16)15-9-8-11-4-6-12(14)7-5-11;/h4-7,10H,3,8-9,14H2,1-2H3,(H,15,16);1H. The molecule has 1 aromatic carbocycles. The molecule has 0 radical (unpaired) electrons. The largest absolute Gasteiger partial charge is 0.399 e. The van der Waals surface area contributed by atoms with Crippen molar-refractivity contribution in [2.24, 2.45) is 0 Å². The number of carbonyl (C=O) groups excluding carboxylic acids is 1. The summed E-state index contributed by atoms with van der Waals surface area (Å²) in [5.74, 6) is -0.0673. The van der Waals surface area contributed by atoms with Gasteiger partial charge in [-0.15, -0.1) is 12.4 Å². The van der Waals surface area contributed by atoms with E-state index < -0.39 is 0 Å². The van der Waals surface area contributed by atoms with Gasteiger partial charge in [0, 0.05) is 18.8 Å². The van der Waals surface area contributed by atoms with E-state index >= 15 is 0 Å². The second-order valence-corrected chi connectivity index (χ2v) is 3.88. The SMILES string of the molecule is CCOC(C)C(=O)NCCc1ccc(N)cc1.Cl. The van der Waals surface area contributed by atoms with E-state index in [1.807, 2.05) is 31.2 Å². The molecule has 102 valence electrons. The van der Waals surface area contributed by atoms with Crippen LogP contribution in [0.15, 0.2) is 24.3 Å². The average Bonchev–Trinajstić information content (AvgIpc) is 2.32. The van der Waals surface area contributed by atoms with E-state index in [4.69, 9.17) is 10.5 Å². The van der Waals surface area contributed by atoms with Gasteiger partial charge in [-0.05, 0) is 38.0 Å². The zero-order valence-corrected chi connectivity index (χ0v) is 11.6. The summed E-state index contributed by atoms with van der Waals surface area (Å²) in [6.45, 7) is 4.78. The van der Waals surface area contributed by atoms with Gasteiger partial charge in [-0.1, -0.05) is 12.1 Å². The maximum atomic E-state index is 11.5. The molecule has 0 bridgehead atoms. The Morgan fingerprint density at radius 1 is 1.39 bits per heavy atom. The summed E-state index contributed by atoms with van der Waals surface area (Å²) in [5.41, 5.74) is 7.50. The van der Waals surface area contributed by atoms with Crippen LogP contribution in [-0.2, 0) is 16.0 Å². The fourth-order valence-electron chi connectivity index (χ4n) is 1.48. The third kappa shape index (κ3) is 5.89. The van der Waals surface area contributed by atoms with Crippen molar-refractivity contribution >= 4 is 24.0 Å². The van der Waals surface area contributed by atoms with Crippen LogP contribution >= 0.6 is 12.4 Å². The molecule has 0 fully saturated rings. The minimum absolute atomic E-state index is 0. The summed E-state index contributed by atoms with van der Waals surface area (Å²) < 4.78 is 5.19. The predicted octanol–water partition coefficient (Wildman–Crippen LogP) is 1.77. The van der Waals surface area contributed by atoms with Crippen LogP contribution in [0.1, 0.15) is 19.4 Å². The number of nitrogens with one attached hydrogen (secondary N) is 1. The summed E-state index contributed by atoms with van der Waals surface area (Å²) >= 11 is 0. The summed E-state index contributed by atoms with van der Waals surface area (Å²) in [6.07, 6.45) is 0.414. The fraction of sp³-hybridized carbons (Fsp3) is 0.462. The van der Waals surface area contributed by atoms with E-state index in [-0.39, 0.29) is 24.4 Å². The van der Waals surface area contributed by atoms with Crippen LogP contribution in [0.4, 0.5) is 5.69 Å². The van der Waals surface area contributed by atoms with Gasteiger partial charge in [-0.25, -0.2) is 0 Å². The van der Waals surface area contributed by atoms with Crippen molar-refractivity contribution < 1.29 is 9.53 Å². The number of nitrogen functional groups attached to an aromatic ring is 1. The highest BCUT2D eigenvalue weighted by atomic mass is 35.5. The number of rotatable bonds is 6. The van der Waals surface area contributed by atoms with E-state index in [0.29, 0.717) is 13.2 Å². The molecule has 0 spiro atoms.